The first kappa shape index (κ1) is 17.9. The molecular weight excluding hydrogens is 318 g/mol. The van der Waals surface area contributed by atoms with E-state index in [0.29, 0.717) is 24.7 Å². The second-order valence-electron chi connectivity index (χ2n) is 5.12. The molecule has 24 heavy (non-hydrogen) atoms. The van der Waals surface area contributed by atoms with Crippen molar-refractivity contribution in [3.8, 4) is 11.5 Å². The van der Waals surface area contributed by atoms with Crippen LogP contribution in [-0.2, 0) is 20.7 Å². The zero-order valence-corrected chi connectivity index (χ0v) is 13.6. The number of benzene rings is 1. The molecule has 0 aromatic heterocycles. The molecule has 1 aromatic rings. The van der Waals surface area contributed by atoms with Crippen LogP contribution < -0.4 is 14.8 Å². The number of hydrogen-bond acceptors (Lipinski definition) is 7. The molecule has 0 aliphatic carbocycles. The number of rotatable bonds is 6. The normalized spacial score (nSPS) is 15.1. The number of hydrogen-bond donors (Lipinski definition) is 2. The quantitative estimate of drug-likeness (QED) is 0.733. The molecule has 0 bridgehead atoms. The molecule has 0 radical (unpaired) electrons. The molecule has 1 amide bonds. The van der Waals surface area contributed by atoms with E-state index in [9.17, 15) is 14.7 Å². The lowest BCUT2D eigenvalue weighted by Crippen LogP contribution is -2.48. The van der Waals surface area contributed by atoms with E-state index in [1.54, 1.807) is 25.1 Å². The first-order valence-corrected chi connectivity index (χ1v) is 7.62. The zero-order chi connectivity index (χ0) is 17.5. The minimum absolute atomic E-state index is 0.130. The van der Waals surface area contributed by atoms with Gasteiger partial charge in [0.25, 0.3) is 0 Å². The number of methoxy groups -OCH3 is 1. The van der Waals surface area contributed by atoms with Gasteiger partial charge in [-0.25, -0.2) is 9.59 Å². The van der Waals surface area contributed by atoms with Crippen LogP contribution in [0, 0.1) is 0 Å². The van der Waals surface area contributed by atoms with Gasteiger partial charge in [-0.05, 0) is 31.0 Å². The van der Waals surface area contributed by atoms with E-state index in [1.807, 2.05) is 0 Å². The molecule has 2 N–H and O–H groups in total. The molecule has 0 spiro atoms. The molecule has 1 aromatic carbocycles. The molecule has 2 unspecified atom stereocenters. The molecule has 1 aliphatic rings. The maximum absolute atomic E-state index is 11.8. The van der Waals surface area contributed by atoms with Crippen molar-refractivity contribution in [1.82, 2.24) is 5.32 Å². The molecule has 2 atom stereocenters. The van der Waals surface area contributed by atoms with Crippen LogP contribution in [0.2, 0.25) is 0 Å². The van der Waals surface area contributed by atoms with Gasteiger partial charge in [0.05, 0.1) is 19.8 Å². The lowest BCUT2D eigenvalue weighted by Gasteiger charge is -2.23. The summed E-state index contributed by atoms with van der Waals surface area (Å²) in [4.78, 5) is 23.3. The molecule has 1 aliphatic heterocycles. The van der Waals surface area contributed by atoms with Gasteiger partial charge in [0.2, 0.25) is 0 Å². The highest BCUT2D eigenvalue weighted by Crippen LogP contribution is 2.31. The van der Waals surface area contributed by atoms with Gasteiger partial charge >= 0.3 is 12.1 Å². The van der Waals surface area contributed by atoms with Crippen molar-refractivity contribution < 1.29 is 33.6 Å². The molecule has 132 valence electrons. The van der Waals surface area contributed by atoms with Crippen LogP contribution in [-0.4, -0.2) is 56.2 Å². The largest absolute Gasteiger partial charge is 0.486 e. The Kier molecular flexibility index (Phi) is 6.25. The first-order valence-electron chi connectivity index (χ1n) is 7.62. The number of amides is 1. The van der Waals surface area contributed by atoms with Gasteiger partial charge in [0.1, 0.15) is 13.2 Å². The SMILES string of the molecule is CCOC(=O)C(O)C(Cc1ccc2c(c1)OCCO2)NC(=O)OC. The average molecular weight is 339 g/mol. The highest BCUT2D eigenvalue weighted by molar-refractivity contribution is 5.77. The lowest BCUT2D eigenvalue weighted by molar-refractivity contribution is -0.154. The summed E-state index contributed by atoms with van der Waals surface area (Å²) in [7, 11) is 1.20. The Balaban J connectivity index is 2.14. The molecule has 0 saturated heterocycles. The van der Waals surface area contributed by atoms with E-state index in [2.05, 4.69) is 10.1 Å². The van der Waals surface area contributed by atoms with Crippen LogP contribution in [0.5, 0.6) is 11.5 Å². The summed E-state index contributed by atoms with van der Waals surface area (Å²) in [5, 5.41) is 12.6. The molecule has 2 rings (SSSR count). The van der Waals surface area contributed by atoms with Crippen molar-refractivity contribution in [3.63, 3.8) is 0 Å². The number of alkyl carbamates (subject to hydrolysis) is 1. The van der Waals surface area contributed by atoms with Crippen LogP contribution in [0.4, 0.5) is 4.79 Å². The Hall–Kier alpha value is -2.48. The minimum atomic E-state index is -1.52. The van der Waals surface area contributed by atoms with E-state index < -0.39 is 24.2 Å². The van der Waals surface area contributed by atoms with Gasteiger partial charge in [-0.3, -0.25) is 0 Å². The van der Waals surface area contributed by atoms with Crippen molar-refractivity contribution in [2.75, 3.05) is 26.9 Å². The Morgan fingerprint density at radius 3 is 2.67 bits per heavy atom. The topological polar surface area (TPSA) is 103 Å². The Morgan fingerprint density at radius 2 is 2.00 bits per heavy atom. The zero-order valence-electron chi connectivity index (χ0n) is 13.6. The highest BCUT2D eigenvalue weighted by atomic mass is 16.6. The number of ether oxygens (including phenoxy) is 4. The summed E-state index contributed by atoms with van der Waals surface area (Å²) in [5.41, 5.74) is 0.754. The van der Waals surface area contributed by atoms with Gasteiger partial charge in [0.15, 0.2) is 17.6 Å². The highest BCUT2D eigenvalue weighted by Gasteiger charge is 2.29. The van der Waals surface area contributed by atoms with E-state index in [-0.39, 0.29) is 13.0 Å². The van der Waals surface area contributed by atoms with Crippen molar-refractivity contribution in [2.24, 2.45) is 0 Å². The second-order valence-corrected chi connectivity index (χ2v) is 5.12. The predicted octanol–water partition coefficient (Wildman–Crippen LogP) is 0.649. The summed E-state index contributed by atoms with van der Waals surface area (Å²) in [6.07, 6.45) is -2.08. The third-order valence-electron chi connectivity index (χ3n) is 3.46. The predicted molar refractivity (Wildman–Crippen MR) is 83.1 cm³/mol. The first-order chi connectivity index (χ1) is 11.5. The lowest BCUT2D eigenvalue weighted by atomic mass is 10.0. The molecule has 8 nitrogen and oxygen atoms in total. The van der Waals surface area contributed by atoms with Crippen molar-refractivity contribution in [3.05, 3.63) is 23.8 Å². The fraction of sp³-hybridized carbons (Fsp3) is 0.500. The van der Waals surface area contributed by atoms with Crippen LogP contribution >= 0.6 is 0 Å². The average Bonchev–Trinajstić information content (AvgIpc) is 2.60. The Morgan fingerprint density at radius 1 is 1.29 bits per heavy atom. The number of carbonyl (C=O) groups excluding carboxylic acids is 2. The van der Waals surface area contributed by atoms with Crippen molar-refractivity contribution >= 4 is 12.1 Å². The van der Waals surface area contributed by atoms with Gasteiger partial charge in [-0.1, -0.05) is 6.07 Å². The number of aliphatic hydroxyl groups excluding tert-OH is 1. The molecule has 1 heterocycles. The second kappa shape index (κ2) is 8.39. The molecule has 0 fully saturated rings. The Bertz CT molecular complexity index is 590. The summed E-state index contributed by atoms with van der Waals surface area (Å²) < 4.78 is 20.3. The molecule has 0 saturated carbocycles. The van der Waals surface area contributed by atoms with Crippen LogP contribution in [0.1, 0.15) is 12.5 Å². The third-order valence-corrected chi connectivity index (χ3v) is 3.46. The fourth-order valence-corrected chi connectivity index (χ4v) is 2.31. The van der Waals surface area contributed by atoms with Gasteiger partial charge < -0.3 is 29.4 Å². The Labute approximate surface area is 139 Å². The minimum Gasteiger partial charge on any atom is -0.486 e. The van der Waals surface area contributed by atoms with Gasteiger partial charge in [-0.2, -0.15) is 0 Å². The maximum Gasteiger partial charge on any atom is 0.407 e. The number of fused-ring (bicyclic) bond motifs is 1. The standard InChI is InChI=1S/C16H21NO7/c1-3-22-15(19)14(18)11(17-16(20)21-2)8-10-4-5-12-13(9-10)24-7-6-23-12/h4-5,9,11,14,18H,3,6-8H2,1-2H3,(H,17,20). The van der Waals surface area contributed by atoms with Crippen molar-refractivity contribution in [2.45, 2.75) is 25.5 Å². The summed E-state index contributed by atoms with van der Waals surface area (Å²) in [5.74, 6) is 0.408. The smallest absolute Gasteiger partial charge is 0.407 e. The van der Waals surface area contributed by atoms with E-state index >= 15 is 0 Å². The van der Waals surface area contributed by atoms with E-state index in [1.165, 1.54) is 7.11 Å². The van der Waals surface area contributed by atoms with Crippen molar-refractivity contribution in [1.29, 1.82) is 0 Å². The summed E-state index contributed by atoms with van der Waals surface area (Å²) in [6.45, 7) is 2.70. The van der Waals surface area contributed by atoms with Crippen LogP contribution in [0.15, 0.2) is 18.2 Å². The van der Waals surface area contributed by atoms with Crippen LogP contribution in [0.3, 0.4) is 0 Å². The maximum atomic E-state index is 11.8. The number of esters is 1. The number of nitrogens with one attached hydrogen (secondary N) is 1. The summed E-state index contributed by atoms with van der Waals surface area (Å²) in [6, 6.07) is 4.37. The van der Waals surface area contributed by atoms with Gasteiger partial charge in [-0.15, -0.1) is 0 Å². The number of aliphatic hydroxyl groups is 1. The third kappa shape index (κ3) is 4.51. The fourth-order valence-electron chi connectivity index (χ4n) is 2.31. The van der Waals surface area contributed by atoms with Crippen LogP contribution in [0.25, 0.3) is 0 Å². The van der Waals surface area contributed by atoms with E-state index in [4.69, 9.17) is 14.2 Å². The molecule has 8 heteroatoms. The summed E-state index contributed by atoms with van der Waals surface area (Å²) >= 11 is 0. The van der Waals surface area contributed by atoms with Gasteiger partial charge in [0, 0.05) is 0 Å². The van der Waals surface area contributed by atoms with E-state index in [0.717, 1.165) is 5.56 Å². The number of carbonyl (C=O) groups is 2. The monoisotopic (exact) mass is 339 g/mol. The molecular formula is C16H21NO7.